The van der Waals surface area contributed by atoms with Crippen LogP contribution in [0.5, 0.6) is 0 Å². The predicted octanol–water partition coefficient (Wildman–Crippen LogP) is 3.51. The fourth-order valence-electron chi connectivity index (χ4n) is 1.89. The van der Waals surface area contributed by atoms with Gasteiger partial charge in [-0.15, -0.1) is 0 Å². The van der Waals surface area contributed by atoms with Crippen LogP contribution >= 0.6 is 0 Å². The van der Waals surface area contributed by atoms with Gasteiger partial charge in [0, 0.05) is 18.8 Å². The first-order valence-electron chi connectivity index (χ1n) is 5.31. The normalized spacial score (nSPS) is 17.6. The summed E-state index contributed by atoms with van der Waals surface area (Å²) in [6.45, 7) is 1.61. The van der Waals surface area contributed by atoms with E-state index in [1.54, 1.807) is 6.07 Å². The molecule has 0 aliphatic carbocycles. The average Bonchev–Trinajstić information content (AvgIpc) is 2.29. The molecule has 1 aromatic carbocycles. The first-order valence-corrected chi connectivity index (χ1v) is 5.31. The van der Waals surface area contributed by atoms with E-state index >= 15 is 0 Å². The molecule has 0 spiro atoms. The molecular formula is C12H13F3N. The van der Waals surface area contributed by atoms with Crippen LogP contribution in [-0.2, 0) is 6.18 Å². The van der Waals surface area contributed by atoms with Crippen LogP contribution in [-0.4, -0.2) is 13.1 Å². The molecule has 1 heterocycles. The van der Waals surface area contributed by atoms with Gasteiger partial charge in [0.2, 0.25) is 0 Å². The Kier molecular flexibility index (Phi) is 3.08. The van der Waals surface area contributed by atoms with Gasteiger partial charge in [-0.25, -0.2) is 0 Å². The summed E-state index contributed by atoms with van der Waals surface area (Å²) in [5, 5.41) is 0. The number of piperidine rings is 1. The fourth-order valence-corrected chi connectivity index (χ4v) is 1.89. The van der Waals surface area contributed by atoms with Gasteiger partial charge in [0.15, 0.2) is 0 Å². The second-order valence-corrected chi connectivity index (χ2v) is 3.90. The van der Waals surface area contributed by atoms with E-state index in [0.29, 0.717) is 5.69 Å². The molecule has 87 valence electrons. The van der Waals surface area contributed by atoms with Crippen molar-refractivity contribution in [1.29, 1.82) is 0 Å². The average molecular weight is 228 g/mol. The van der Waals surface area contributed by atoms with E-state index in [4.69, 9.17) is 0 Å². The molecule has 0 unspecified atom stereocenters. The van der Waals surface area contributed by atoms with E-state index in [1.165, 1.54) is 12.1 Å². The highest BCUT2D eigenvalue weighted by molar-refractivity contribution is 5.49. The molecule has 2 rings (SSSR count). The number of rotatable bonds is 1. The van der Waals surface area contributed by atoms with Crippen molar-refractivity contribution < 1.29 is 13.2 Å². The van der Waals surface area contributed by atoms with Gasteiger partial charge >= 0.3 is 6.18 Å². The van der Waals surface area contributed by atoms with Crippen LogP contribution in [0.15, 0.2) is 24.3 Å². The Morgan fingerprint density at radius 3 is 2.38 bits per heavy atom. The maximum Gasteiger partial charge on any atom is 0.416 e. The number of halogens is 3. The third-order valence-electron chi connectivity index (χ3n) is 2.74. The summed E-state index contributed by atoms with van der Waals surface area (Å²) in [7, 11) is 0. The number of hydrogen-bond donors (Lipinski definition) is 0. The smallest absolute Gasteiger partial charge is 0.372 e. The van der Waals surface area contributed by atoms with Gasteiger partial charge in [-0.2, -0.15) is 13.2 Å². The second-order valence-electron chi connectivity index (χ2n) is 3.90. The largest absolute Gasteiger partial charge is 0.416 e. The molecule has 1 aliphatic heterocycles. The molecule has 0 bridgehead atoms. The summed E-state index contributed by atoms with van der Waals surface area (Å²) >= 11 is 0. The molecular weight excluding hydrogens is 215 g/mol. The maximum atomic E-state index is 12.5. The molecule has 0 saturated carbocycles. The van der Waals surface area contributed by atoms with Crippen LogP contribution < -0.4 is 4.90 Å². The lowest BCUT2D eigenvalue weighted by atomic mass is 10.1. The van der Waals surface area contributed by atoms with Crippen molar-refractivity contribution in [3.05, 3.63) is 36.2 Å². The van der Waals surface area contributed by atoms with E-state index in [9.17, 15) is 13.2 Å². The Labute approximate surface area is 92.9 Å². The van der Waals surface area contributed by atoms with E-state index in [2.05, 4.69) is 6.42 Å². The molecule has 16 heavy (non-hydrogen) atoms. The topological polar surface area (TPSA) is 3.24 Å². The molecule has 0 aromatic heterocycles. The van der Waals surface area contributed by atoms with Crippen molar-refractivity contribution >= 4 is 5.69 Å². The minimum Gasteiger partial charge on any atom is -0.372 e. The van der Waals surface area contributed by atoms with Gasteiger partial charge in [-0.1, -0.05) is 6.07 Å². The van der Waals surface area contributed by atoms with E-state index in [1.807, 2.05) is 4.90 Å². The lowest BCUT2D eigenvalue weighted by molar-refractivity contribution is -0.137. The van der Waals surface area contributed by atoms with E-state index < -0.39 is 11.7 Å². The van der Waals surface area contributed by atoms with Crippen molar-refractivity contribution in [2.45, 2.75) is 19.0 Å². The second kappa shape index (κ2) is 4.36. The van der Waals surface area contributed by atoms with Gasteiger partial charge in [0.25, 0.3) is 0 Å². The fraction of sp³-hybridized carbons (Fsp3) is 0.417. The Balaban J connectivity index is 2.21. The third-order valence-corrected chi connectivity index (χ3v) is 2.74. The van der Waals surface area contributed by atoms with Crippen LogP contribution in [0, 0.1) is 6.42 Å². The monoisotopic (exact) mass is 228 g/mol. The highest BCUT2D eigenvalue weighted by atomic mass is 19.4. The van der Waals surface area contributed by atoms with Crippen molar-refractivity contribution in [2.24, 2.45) is 0 Å². The maximum absolute atomic E-state index is 12.5. The molecule has 1 nitrogen and oxygen atoms in total. The Bertz CT molecular complexity index is 354. The number of nitrogens with zero attached hydrogens (tertiary/aromatic N) is 1. The van der Waals surface area contributed by atoms with Gasteiger partial charge in [0.05, 0.1) is 5.56 Å². The van der Waals surface area contributed by atoms with Crippen molar-refractivity contribution in [3.63, 3.8) is 0 Å². The number of benzene rings is 1. The lowest BCUT2D eigenvalue weighted by Gasteiger charge is -2.29. The summed E-state index contributed by atoms with van der Waals surface area (Å²) < 4.78 is 37.5. The first-order chi connectivity index (χ1) is 7.57. The molecule has 1 fully saturated rings. The number of hydrogen-bond acceptors (Lipinski definition) is 1. The van der Waals surface area contributed by atoms with Crippen molar-refractivity contribution in [1.82, 2.24) is 0 Å². The molecule has 4 heteroatoms. The first kappa shape index (κ1) is 11.3. The molecule has 0 amide bonds. The van der Waals surface area contributed by atoms with Crippen LogP contribution in [0.4, 0.5) is 18.9 Å². The third kappa shape index (κ3) is 2.49. The standard InChI is InChI=1S/C12H13F3N/c13-12(14,15)10-5-4-6-11(9-10)16-7-2-1-3-8-16/h1,4-6,9H,2-3,7-8H2. The van der Waals surface area contributed by atoms with Gasteiger partial charge in [0.1, 0.15) is 0 Å². The quantitative estimate of drug-likeness (QED) is 0.711. The predicted molar refractivity (Wildman–Crippen MR) is 57.2 cm³/mol. The zero-order valence-corrected chi connectivity index (χ0v) is 8.80. The molecule has 1 radical (unpaired) electrons. The van der Waals surface area contributed by atoms with Gasteiger partial charge in [-0.3, -0.25) is 0 Å². The molecule has 0 N–H and O–H groups in total. The molecule has 1 aliphatic rings. The zero-order chi connectivity index (χ0) is 11.6. The lowest BCUT2D eigenvalue weighted by Crippen LogP contribution is -2.29. The van der Waals surface area contributed by atoms with Crippen LogP contribution in [0.2, 0.25) is 0 Å². The van der Waals surface area contributed by atoms with E-state index in [0.717, 1.165) is 32.0 Å². The summed E-state index contributed by atoms with van der Waals surface area (Å²) in [5.41, 5.74) is 0.0995. The SMILES string of the molecule is FC(F)(F)c1cccc(N2CC[CH]CC2)c1. The van der Waals surface area contributed by atoms with Crippen LogP contribution in [0.3, 0.4) is 0 Å². The summed E-state index contributed by atoms with van der Waals surface area (Å²) in [5.74, 6) is 0. The molecule has 0 atom stereocenters. The summed E-state index contributed by atoms with van der Waals surface area (Å²) in [6.07, 6.45) is -0.200. The Morgan fingerprint density at radius 2 is 1.75 bits per heavy atom. The minimum atomic E-state index is -4.25. The molecule has 1 saturated heterocycles. The van der Waals surface area contributed by atoms with Crippen LogP contribution in [0.25, 0.3) is 0 Å². The van der Waals surface area contributed by atoms with E-state index in [-0.39, 0.29) is 0 Å². The number of alkyl halides is 3. The number of anilines is 1. The van der Waals surface area contributed by atoms with Crippen molar-refractivity contribution in [3.8, 4) is 0 Å². The van der Waals surface area contributed by atoms with Crippen molar-refractivity contribution in [2.75, 3.05) is 18.0 Å². The van der Waals surface area contributed by atoms with Crippen LogP contribution in [0.1, 0.15) is 18.4 Å². The Hall–Kier alpha value is -1.19. The highest BCUT2D eigenvalue weighted by Crippen LogP contribution is 2.32. The highest BCUT2D eigenvalue weighted by Gasteiger charge is 2.30. The van der Waals surface area contributed by atoms with Gasteiger partial charge in [-0.05, 0) is 37.5 Å². The zero-order valence-electron chi connectivity index (χ0n) is 8.80. The summed E-state index contributed by atoms with van der Waals surface area (Å²) in [6, 6.07) is 5.54. The van der Waals surface area contributed by atoms with Gasteiger partial charge < -0.3 is 4.90 Å². The molecule has 1 aromatic rings. The minimum absolute atomic E-state index is 0.570. The Morgan fingerprint density at radius 1 is 1.06 bits per heavy atom. The summed E-state index contributed by atoms with van der Waals surface area (Å²) in [4.78, 5) is 2.00.